The van der Waals surface area contributed by atoms with Crippen molar-refractivity contribution in [3.63, 3.8) is 0 Å². The minimum absolute atomic E-state index is 0.0515. The van der Waals surface area contributed by atoms with Crippen LogP contribution in [-0.2, 0) is 26.1 Å². The van der Waals surface area contributed by atoms with Crippen molar-refractivity contribution in [1.29, 1.82) is 0 Å². The van der Waals surface area contributed by atoms with E-state index in [1.54, 1.807) is 41.8 Å². The minimum atomic E-state index is -3.89. The van der Waals surface area contributed by atoms with E-state index in [1.165, 1.54) is 36.6 Å². The van der Waals surface area contributed by atoms with E-state index in [2.05, 4.69) is 9.71 Å². The van der Waals surface area contributed by atoms with Gasteiger partial charge in [-0.2, -0.15) is 4.99 Å². The lowest BCUT2D eigenvalue weighted by Gasteiger charge is -2.09. The topological polar surface area (TPSA) is 116 Å². The molecule has 4 rings (SSSR count). The summed E-state index contributed by atoms with van der Waals surface area (Å²) in [7, 11) is -2.40. The molecule has 4 aromatic rings. The molecule has 0 saturated heterocycles. The number of benzene rings is 3. The number of hydrogen-bond acceptors (Lipinski definition) is 7. The number of ether oxygens (including phenoxy) is 2. The zero-order chi connectivity index (χ0) is 27.4. The zero-order valence-electron chi connectivity index (χ0n) is 21.3. The van der Waals surface area contributed by atoms with E-state index in [-0.39, 0.29) is 29.3 Å². The average molecular weight is 554 g/mol. The first-order chi connectivity index (χ1) is 18.1. The minimum Gasteiger partial charge on any atom is -0.497 e. The number of esters is 1. The molecule has 0 aliphatic carbocycles. The summed E-state index contributed by atoms with van der Waals surface area (Å²) in [5.74, 6) is -0.478. The van der Waals surface area contributed by atoms with Gasteiger partial charge in [-0.3, -0.25) is 14.3 Å². The van der Waals surface area contributed by atoms with Crippen molar-refractivity contribution in [2.24, 2.45) is 4.99 Å². The van der Waals surface area contributed by atoms with Crippen LogP contribution in [0.2, 0.25) is 0 Å². The molecule has 1 aromatic heterocycles. The van der Waals surface area contributed by atoms with Crippen LogP contribution in [0.4, 0.5) is 5.69 Å². The van der Waals surface area contributed by atoms with Crippen LogP contribution in [0.1, 0.15) is 28.4 Å². The molecule has 0 atom stereocenters. The number of nitrogens with zero attached hydrogens (tertiary/aromatic N) is 2. The Kier molecular flexibility index (Phi) is 7.98. The van der Waals surface area contributed by atoms with Gasteiger partial charge in [0.05, 0.1) is 28.8 Å². The molecule has 1 N–H and O–H groups in total. The van der Waals surface area contributed by atoms with E-state index in [4.69, 9.17) is 9.47 Å². The van der Waals surface area contributed by atoms with Gasteiger partial charge in [-0.25, -0.2) is 8.42 Å². The van der Waals surface area contributed by atoms with Gasteiger partial charge in [-0.05, 0) is 80.4 Å². The number of sulfonamides is 1. The number of hydrogen-bond donors (Lipinski definition) is 1. The highest BCUT2D eigenvalue weighted by Crippen LogP contribution is 2.24. The van der Waals surface area contributed by atoms with Crippen molar-refractivity contribution in [1.82, 2.24) is 4.57 Å². The third-order valence-corrected chi connectivity index (χ3v) is 8.26. The molecule has 9 nitrogen and oxygen atoms in total. The van der Waals surface area contributed by atoms with Crippen molar-refractivity contribution >= 4 is 49.1 Å². The predicted molar refractivity (Wildman–Crippen MR) is 146 cm³/mol. The Balaban J connectivity index is 1.69. The van der Waals surface area contributed by atoms with Crippen LogP contribution in [0.15, 0.2) is 70.6 Å². The second-order valence-corrected chi connectivity index (χ2v) is 11.1. The van der Waals surface area contributed by atoms with Crippen LogP contribution >= 0.6 is 11.3 Å². The predicted octanol–water partition coefficient (Wildman–Crippen LogP) is 4.43. The number of aromatic nitrogens is 1. The summed E-state index contributed by atoms with van der Waals surface area (Å²) in [6.45, 7) is 5.80. The second-order valence-electron chi connectivity index (χ2n) is 8.48. The van der Waals surface area contributed by atoms with E-state index in [0.29, 0.717) is 10.6 Å². The molecule has 0 aliphatic rings. The van der Waals surface area contributed by atoms with Crippen molar-refractivity contribution in [2.75, 3.05) is 18.4 Å². The summed E-state index contributed by atoms with van der Waals surface area (Å²) in [5, 5.41) is 0. The molecule has 1 amide bonds. The number of carbonyl (C=O) groups excluding carboxylic acids is 2. The monoisotopic (exact) mass is 553 g/mol. The zero-order valence-corrected chi connectivity index (χ0v) is 23.0. The largest absolute Gasteiger partial charge is 0.497 e. The number of fused-ring (bicyclic) bond motifs is 1. The summed E-state index contributed by atoms with van der Waals surface area (Å²) in [6.07, 6.45) is 0. The molecule has 0 unspecified atom stereocenters. The normalized spacial score (nSPS) is 11.9. The Bertz CT molecular complexity index is 1690. The van der Waals surface area contributed by atoms with Crippen molar-refractivity contribution in [3.8, 4) is 5.75 Å². The van der Waals surface area contributed by atoms with E-state index in [9.17, 15) is 18.0 Å². The van der Waals surface area contributed by atoms with Gasteiger partial charge in [-0.1, -0.05) is 23.5 Å². The quantitative estimate of drug-likeness (QED) is 0.323. The molecule has 0 fully saturated rings. The van der Waals surface area contributed by atoms with Crippen LogP contribution in [0.3, 0.4) is 0 Å². The highest BCUT2D eigenvalue weighted by Gasteiger charge is 2.17. The lowest BCUT2D eigenvalue weighted by atomic mass is 10.1. The summed E-state index contributed by atoms with van der Waals surface area (Å²) in [6, 6.07) is 16.0. The van der Waals surface area contributed by atoms with Crippen LogP contribution < -0.4 is 14.3 Å². The van der Waals surface area contributed by atoms with Crippen molar-refractivity contribution < 1.29 is 27.5 Å². The molecular weight excluding hydrogens is 526 g/mol. The molecule has 0 saturated carbocycles. The molecule has 3 aromatic carbocycles. The van der Waals surface area contributed by atoms with Crippen LogP contribution in [0, 0.1) is 13.8 Å². The average Bonchev–Trinajstić information content (AvgIpc) is 3.21. The third kappa shape index (κ3) is 5.95. The van der Waals surface area contributed by atoms with Gasteiger partial charge in [0.1, 0.15) is 12.3 Å². The van der Waals surface area contributed by atoms with E-state index >= 15 is 0 Å². The maximum Gasteiger partial charge on any atom is 0.326 e. The number of rotatable bonds is 8. The van der Waals surface area contributed by atoms with Gasteiger partial charge in [-0.15, -0.1) is 0 Å². The highest BCUT2D eigenvalue weighted by atomic mass is 32.2. The lowest BCUT2D eigenvalue weighted by Crippen LogP contribution is -2.23. The summed E-state index contributed by atoms with van der Waals surface area (Å²) >= 11 is 1.30. The Morgan fingerprint density at radius 2 is 1.79 bits per heavy atom. The number of aryl methyl sites for hydroxylation is 2. The number of methoxy groups -OCH3 is 1. The first-order valence-corrected chi connectivity index (χ1v) is 14.0. The number of carbonyl (C=O) groups is 2. The smallest absolute Gasteiger partial charge is 0.326 e. The number of nitrogens with one attached hydrogen (secondary N) is 1. The van der Waals surface area contributed by atoms with Gasteiger partial charge in [0.25, 0.3) is 15.9 Å². The molecular formula is C27H27N3O6S2. The molecule has 198 valence electrons. The third-order valence-electron chi connectivity index (χ3n) is 5.64. The molecule has 0 radical (unpaired) electrons. The van der Waals surface area contributed by atoms with Gasteiger partial charge in [0, 0.05) is 11.3 Å². The summed E-state index contributed by atoms with van der Waals surface area (Å²) < 4.78 is 40.9. The number of thiazole rings is 1. The van der Waals surface area contributed by atoms with Gasteiger partial charge in [0.15, 0.2) is 4.80 Å². The Labute approximate surface area is 224 Å². The van der Waals surface area contributed by atoms with E-state index < -0.39 is 21.9 Å². The van der Waals surface area contributed by atoms with E-state index in [1.807, 2.05) is 26.0 Å². The number of amides is 1. The van der Waals surface area contributed by atoms with Gasteiger partial charge >= 0.3 is 5.97 Å². The molecule has 38 heavy (non-hydrogen) atoms. The highest BCUT2D eigenvalue weighted by molar-refractivity contribution is 7.92. The first-order valence-electron chi connectivity index (χ1n) is 11.7. The van der Waals surface area contributed by atoms with Crippen LogP contribution in [0.5, 0.6) is 5.75 Å². The Morgan fingerprint density at radius 1 is 1.05 bits per heavy atom. The maximum atomic E-state index is 13.2. The van der Waals surface area contributed by atoms with Crippen molar-refractivity contribution in [2.45, 2.75) is 32.2 Å². The molecule has 11 heteroatoms. The number of anilines is 1. The van der Waals surface area contributed by atoms with Crippen molar-refractivity contribution in [3.05, 3.63) is 82.2 Å². The molecule has 1 heterocycles. The lowest BCUT2D eigenvalue weighted by molar-refractivity contribution is -0.143. The molecule has 0 aliphatic heterocycles. The molecule has 0 bridgehead atoms. The van der Waals surface area contributed by atoms with Crippen LogP contribution in [-0.4, -0.2) is 38.6 Å². The van der Waals surface area contributed by atoms with Gasteiger partial charge in [0.2, 0.25) is 0 Å². The Hall–Kier alpha value is -3.96. The Morgan fingerprint density at radius 3 is 2.47 bits per heavy atom. The van der Waals surface area contributed by atoms with Crippen LogP contribution in [0.25, 0.3) is 10.2 Å². The SMILES string of the molecule is CCOC(=O)Cn1c(=NC(=O)c2cccc(NS(=O)(=O)c3ccc(OC)cc3)c2)sc2c(C)cc(C)cc21. The van der Waals surface area contributed by atoms with Gasteiger partial charge < -0.3 is 14.0 Å². The second kappa shape index (κ2) is 11.2. The molecule has 0 spiro atoms. The fourth-order valence-corrected chi connectivity index (χ4v) is 6.05. The maximum absolute atomic E-state index is 13.2. The summed E-state index contributed by atoms with van der Waals surface area (Å²) in [5.41, 5.74) is 3.21. The standard InChI is InChI=1S/C27H27N3O6S2/c1-5-36-24(31)16-30-23-14-17(2)13-18(3)25(23)37-27(30)28-26(32)19-7-6-8-20(15-19)29-38(33,34)22-11-9-21(35-4)10-12-22/h6-15,29H,5,16H2,1-4H3. The fraction of sp³-hybridized carbons (Fsp3) is 0.222. The first kappa shape index (κ1) is 27.1. The fourth-order valence-electron chi connectivity index (χ4n) is 3.92. The summed E-state index contributed by atoms with van der Waals surface area (Å²) in [4.78, 5) is 30.2. The van der Waals surface area contributed by atoms with E-state index in [0.717, 1.165) is 21.3 Å².